The number of carbonyl (C=O) groups excluding carboxylic acids is 1. The second-order valence-corrected chi connectivity index (χ2v) is 7.96. The topological polar surface area (TPSA) is 103 Å². The van der Waals surface area contributed by atoms with Crippen molar-refractivity contribution in [3.8, 4) is 11.5 Å². The predicted molar refractivity (Wildman–Crippen MR) is 107 cm³/mol. The molecule has 0 aliphatic carbocycles. The molecule has 0 saturated heterocycles. The first kappa shape index (κ1) is 19.5. The van der Waals surface area contributed by atoms with Gasteiger partial charge in [-0.15, -0.1) is 0 Å². The first-order chi connectivity index (χ1) is 12.8. The lowest BCUT2D eigenvalue weighted by Crippen LogP contribution is -2.11. The van der Waals surface area contributed by atoms with E-state index in [0.717, 1.165) is 0 Å². The van der Waals surface area contributed by atoms with Crippen molar-refractivity contribution < 1.29 is 27.2 Å². The molecule has 1 heterocycles. The highest BCUT2D eigenvalue weighted by Crippen LogP contribution is 2.34. The Labute approximate surface area is 169 Å². The van der Waals surface area contributed by atoms with Gasteiger partial charge >= 0.3 is 5.97 Å². The molecule has 0 bridgehead atoms. The quantitative estimate of drug-likeness (QED) is 0.247. The van der Waals surface area contributed by atoms with E-state index in [2.05, 4.69) is 4.98 Å². The number of fused-ring (bicyclic) bond motifs is 1. The van der Waals surface area contributed by atoms with E-state index in [0.29, 0.717) is 21.5 Å². The summed E-state index contributed by atoms with van der Waals surface area (Å²) in [6.07, 6.45) is 1.44. The molecule has 1 N–H and O–H groups in total. The van der Waals surface area contributed by atoms with Gasteiger partial charge in [-0.3, -0.25) is 9.54 Å². The minimum atomic E-state index is -4.46. The molecule has 9 heteroatoms. The molecule has 3 aromatic rings. The molecule has 0 unspecified atom stereocenters. The van der Waals surface area contributed by atoms with Gasteiger partial charge in [-0.25, -0.2) is 4.79 Å². The minimum Gasteiger partial charge on any atom is -0.494 e. The van der Waals surface area contributed by atoms with Gasteiger partial charge in [-0.2, -0.15) is 8.42 Å². The van der Waals surface area contributed by atoms with Crippen LogP contribution in [-0.4, -0.2) is 30.5 Å². The Morgan fingerprint density at radius 3 is 2.56 bits per heavy atom. The molecular weight excluding hydrogens is 485 g/mol. The fraction of sp³-hybridized carbons (Fsp3) is 0.111. The van der Waals surface area contributed by atoms with Gasteiger partial charge in [0.25, 0.3) is 10.1 Å². The van der Waals surface area contributed by atoms with E-state index in [1.54, 1.807) is 24.3 Å². The SMILES string of the molecule is CCOc1ccc(C(=O)Oc2c(I)cc(S(=O)(=O)O)c3cccnc23)cc1. The lowest BCUT2D eigenvalue weighted by Gasteiger charge is -2.12. The number of rotatable bonds is 5. The Bertz CT molecular complexity index is 1110. The monoisotopic (exact) mass is 499 g/mol. The van der Waals surface area contributed by atoms with Crippen molar-refractivity contribution in [2.45, 2.75) is 11.8 Å². The zero-order valence-electron chi connectivity index (χ0n) is 14.0. The highest BCUT2D eigenvalue weighted by atomic mass is 127. The molecule has 0 saturated carbocycles. The van der Waals surface area contributed by atoms with Crippen LogP contribution in [0.1, 0.15) is 17.3 Å². The second-order valence-electron chi connectivity index (χ2n) is 5.41. The summed E-state index contributed by atoms with van der Waals surface area (Å²) in [5, 5.41) is 0.162. The number of halogens is 1. The van der Waals surface area contributed by atoms with Gasteiger partial charge in [0.15, 0.2) is 5.75 Å². The van der Waals surface area contributed by atoms with Crippen LogP contribution in [0.4, 0.5) is 0 Å². The number of hydrogen-bond donors (Lipinski definition) is 1. The minimum absolute atomic E-state index is 0.123. The number of carbonyl (C=O) groups is 1. The van der Waals surface area contributed by atoms with Gasteiger partial charge in [-0.05, 0) is 72.0 Å². The molecule has 7 nitrogen and oxygen atoms in total. The van der Waals surface area contributed by atoms with Crippen LogP contribution in [0, 0.1) is 3.57 Å². The Hall–Kier alpha value is -2.24. The summed E-state index contributed by atoms with van der Waals surface area (Å²) >= 11 is 1.83. The fourth-order valence-corrected chi connectivity index (χ4v) is 4.07. The van der Waals surface area contributed by atoms with Crippen LogP contribution in [0.25, 0.3) is 10.9 Å². The molecule has 0 aliphatic heterocycles. The Morgan fingerprint density at radius 1 is 1.22 bits per heavy atom. The van der Waals surface area contributed by atoms with Crippen molar-refractivity contribution in [2.24, 2.45) is 0 Å². The lowest BCUT2D eigenvalue weighted by atomic mass is 10.2. The Morgan fingerprint density at radius 2 is 1.93 bits per heavy atom. The number of esters is 1. The highest BCUT2D eigenvalue weighted by Gasteiger charge is 2.22. The average molecular weight is 499 g/mol. The zero-order valence-corrected chi connectivity index (χ0v) is 17.0. The number of nitrogens with zero attached hydrogens (tertiary/aromatic N) is 1. The van der Waals surface area contributed by atoms with Crippen molar-refractivity contribution >= 4 is 49.6 Å². The summed E-state index contributed by atoms with van der Waals surface area (Å²) in [6, 6.07) is 10.7. The molecular formula is C18H14INO6S. The number of ether oxygens (including phenoxy) is 2. The molecule has 27 heavy (non-hydrogen) atoms. The van der Waals surface area contributed by atoms with E-state index < -0.39 is 16.1 Å². The molecule has 3 rings (SSSR count). The maximum absolute atomic E-state index is 12.5. The summed E-state index contributed by atoms with van der Waals surface area (Å²) in [4.78, 5) is 16.3. The molecule has 1 aromatic heterocycles. The average Bonchev–Trinajstić information content (AvgIpc) is 2.63. The molecule has 2 aromatic carbocycles. The zero-order chi connectivity index (χ0) is 19.6. The third kappa shape index (κ3) is 4.20. The fourth-order valence-electron chi connectivity index (χ4n) is 2.47. The van der Waals surface area contributed by atoms with Gasteiger partial charge in [0.05, 0.1) is 15.7 Å². The van der Waals surface area contributed by atoms with E-state index in [1.165, 1.54) is 24.4 Å². The van der Waals surface area contributed by atoms with Crippen LogP contribution in [0.2, 0.25) is 0 Å². The van der Waals surface area contributed by atoms with E-state index in [-0.39, 0.29) is 21.5 Å². The first-order valence-electron chi connectivity index (χ1n) is 7.81. The molecule has 0 spiro atoms. The third-order valence-electron chi connectivity index (χ3n) is 3.64. The van der Waals surface area contributed by atoms with Gasteiger partial charge < -0.3 is 9.47 Å². The highest BCUT2D eigenvalue weighted by molar-refractivity contribution is 14.1. The number of benzene rings is 2. The molecule has 140 valence electrons. The van der Waals surface area contributed by atoms with Crippen LogP contribution in [0.5, 0.6) is 11.5 Å². The van der Waals surface area contributed by atoms with Crippen molar-refractivity contribution in [1.82, 2.24) is 4.98 Å². The maximum atomic E-state index is 12.5. The van der Waals surface area contributed by atoms with E-state index in [4.69, 9.17) is 9.47 Å². The Balaban J connectivity index is 2.02. The molecule has 0 amide bonds. The number of pyridine rings is 1. The van der Waals surface area contributed by atoms with Crippen molar-refractivity contribution in [2.75, 3.05) is 6.61 Å². The largest absolute Gasteiger partial charge is 0.494 e. The van der Waals surface area contributed by atoms with Crippen LogP contribution in [0.3, 0.4) is 0 Å². The normalized spacial score (nSPS) is 11.4. The van der Waals surface area contributed by atoms with E-state index in [1.807, 2.05) is 29.5 Å². The van der Waals surface area contributed by atoms with Gasteiger partial charge in [0, 0.05) is 11.6 Å². The summed E-state index contributed by atoms with van der Waals surface area (Å²) in [6.45, 7) is 2.37. The van der Waals surface area contributed by atoms with E-state index in [9.17, 15) is 17.8 Å². The van der Waals surface area contributed by atoms with Crippen LogP contribution in [-0.2, 0) is 10.1 Å². The summed E-state index contributed by atoms with van der Waals surface area (Å²) in [5.74, 6) is 0.133. The summed E-state index contributed by atoms with van der Waals surface area (Å²) in [7, 11) is -4.46. The number of hydrogen-bond acceptors (Lipinski definition) is 6. The van der Waals surface area contributed by atoms with Crippen LogP contribution in [0.15, 0.2) is 53.6 Å². The van der Waals surface area contributed by atoms with E-state index >= 15 is 0 Å². The standard InChI is InChI=1S/C18H14INO6S/c1-2-25-12-7-5-11(6-8-12)18(21)26-17-14(19)10-15(27(22,23)24)13-4-3-9-20-16(13)17/h3-10H,2H2,1H3,(H,22,23,24). The van der Waals surface area contributed by atoms with Gasteiger partial charge in [0.1, 0.15) is 16.2 Å². The maximum Gasteiger partial charge on any atom is 0.343 e. The van der Waals surface area contributed by atoms with Crippen molar-refractivity contribution in [3.05, 3.63) is 57.8 Å². The third-order valence-corrected chi connectivity index (χ3v) is 5.33. The van der Waals surface area contributed by atoms with Crippen LogP contribution < -0.4 is 9.47 Å². The molecule has 0 fully saturated rings. The number of aromatic nitrogens is 1. The van der Waals surface area contributed by atoms with Crippen LogP contribution >= 0.6 is 22.6 Å². The molecule has 0 atom stereocenters. The van der Waals surface area contributed by atoms with Gasteiger partial charge in [0.2, 0.25) is 0 Å². The van der Waals surface area contributed by atoms with Crippen molar-refractivity contribution in [3.63, 3.8) is 0 Å². The Kier molecular flexibility index (Phi) is 5.63. The van der Waals surface area contributed by atoms with Crippen molar-refractivity contribution in [1.29, 1.82) is 0 Å². The smallest absolute Gasteiger partial charge is 0.343 e. The molecule has 0 radical (unpaired) electrons. The molecule has 0 aliphatic rings. The van der Waals surface area contributed by atoms with Gasteiger partial charge in [-0.1, -0.05) is 0 Å². The summed E-state index contributed by atoms with van der Waals surface area (Å²) in [5.41, 5.74) is 0.466. The first-order valence-corrected chi connectivity index (χ1v) is 10.3. The summed E-state index contributed by atoms with van der Waals surface area (Å²) < 4.78 is 43.9. The lowest BCUT2D eigenvalue weighted by molar-refractivity contribution is 0.0735. The second kappa shape index (κ2) is 7.79. The predicted octanol–water partition coefficient (Wildman–Crippen LogP) is 3.70.